The molecule has 13 nitrogen and oxygen atoms in total. The molecule has 0 aliphatic rings. The first-order valence-electron chi connectivity index (χ1n) is 3.74. The SMILES string of the molecule is Nc1nc(N)nc(N)n1.O=P(O)(O)OP(=O)(O)O.[Zn]. The molecular weight excluding hydrogens is 359 g/mol. The Morgan fingerprint density at radius 2 is 1.00 bits per heavy atom. The third kappa shape index (κ3) is 13.5. The number of hydrogen-bond acceptors (Lipinski definition) is 9. The molecule has 0 radical (unpaired) electrons. The summed E-state index contributed by atoms with van der Waals surface area (Å²) in [7, 11) is -10.1. The fraction of sp³-hybridized carbons (Fsp3) is 0. The average Bonchev–Trinajstić information content (AvgIpc) is 1.92. The van der Waals surface area contributed by atoms with Crippen LogP contribution in [0.15, 0.2) is 0 Å². The Hall–Kier alpha value is -0.707. The van der Waals surface area contributed by atoms with Crippen molar-refractivity contribution in [1.29, 1.82) is 0 Å². The molecular formula is C3H10N6O7P2Zn. The van der Waals surface area contributed by atoms with Crippen molar-refractivity contribution in [3.63, 3.8) is 0 Å². The summed E-state index contributed by atoms with van der Waals surface area (Å²) in [6.45, 7) is 0. The van der Waals surface area contributed by atoms with Gasteiger partial charge in [-0.15, -0.1) is 0 Å². The third-order valence-electron chi connectivity index (χ3n) is 0.900. The Bertz CT molecular complexity index is 431. The molecule has 1 aromatic rings. The van der Waals surface area contributed by atoms with Gasteiger partial charge in [0.15, 0.2) is 0 Å². The van der Waals surface area contributed by atoms with Crippen molar-refractivity contribution < 1.29 is 52.5 Å². The van der Waals surface area contributed by atoms with Gasteiger partial charge >= 0.3 is 15.6 Å². The third-order valence-corrected chi connectivity index (χ3v) is 2.60. The minimum Gasteiger partial charge on any atom is -0.368 e. The molecule has 16 heteroatoms. The molecule has 0 spiro atoms. The molecule has 1 aromatic heterocycles. The van der Waals surface area contributed by atoms with Gasteiger partial charge in [-0.2, -0.15) is 19.3 Å². The van der Waals surface area contributed by atoms with Gasteiger partial charge in [0.1, 0.15) is 0 Å². The summed E-state index contributed by atoms with van der Waals surface area (Å²) < 4.78 is 22.2. The van der Waals surface area contributed by atoms with E-state index in [0.29, 0.717) is 0 Å². The van der Waals surface area contributed by atoms with Gasteiger partial charge in [0.05, 0.1) is 0 Å². The quantitative estimate of drug-likeness (QED) is 0.216. The predicted octanol–water partition coefficient (Wildman–Crippen LogP) is -2.20. The van der Waals surface area contributed by atoms with E-state index in [0.717, 1.165) is 0 Å². The number of phosphoric acid groups is 2. The predicted molar refractivity (Wildman–Crippen MR) is 58.2 cm³/mol. The zero-order chi connectivity index (χ0) is 14.6. The van der Waals surface area contributed by atoms with E-state index in [1.165, 1.54) is 0 Å². The second-order valence-electron chi connectivity index (χ2n) is 2.47. The number of rotatable bonds is 2. The van der Waals surface area contributed by atoms with Crippen LogP contribution in [0, 0.1) is 0 Å². The van der Waals surface area contributed by atoms with Gasteiger partial charge in [-0.3, -0.25) is 0 Å². The Kier molecular flexibility index (Phi) is 8.44. The maximum atomic E-state index is 9.63. The van der Waals surface area contributed by atoms with Crippen LogP contribution in [0.1, 0.15) is 0 Å². The van der Waals surface area contributed by atoms with Crippen molar-refractivity contribution in [3.8, 4) is 0 Å². The molecule has 0 fully saturated rings. The van der Waals surface area contributed by atoms with Crippen LogP contribution in [0.25, 0.3) is 0 Å². The summed E-state index contributed by atoms with van der Waals surface area (Å²) in [5, 5.41) is 0. The van der Waals surface area contributed by atoms with Crippen molar-refractivity contribution in [2.45, 2.75) is 0 Å². The molecule has 0 aliphatic carbocycles. The normalized spacial score (nSPS) is 10.9. The molecule has 19 heavy (non-hydrogen) atoms. The molecule has 0 unspecified atom stereocenters. The van der Waals surface area contributed by atoms with Gasteiger partial charge in [0.2, 0.25) is 17.8 Å². The molecule has 1 rings (SSSR count). The summed E-state index contributed by atoms with van der Waals surface area (Å²) in [5.74, 6) is 0.125. The van der Waals surface area contributed by atoms with E-state index in [4.69, 9.17) is 36.8 Å². The van der Waals surface area contributed by atoms with Gasteiger partial charge in [-0.1, -0.05) is 0 Å². The smallest absolute Gasteiger partial charge is 0.368 e. The summed E-state index contributed by atoms with van der Waals surface area (Å²) >= 11 is 0. The first-order chi connectivity index (χ1) is 7.89. The second kappa shape index (κ2) is 7.78. The number of aromatic nitrogens is 3. The molecule has 0 atom stereocenters. The second-order valence-corrected chi connectivity index (χ2v) is 5.09. The molecule has 1 heterocycles. The minimum atomic E-state index is -5.05. The van der Waals surface area contributed by atoms with E-state index in [9.17, 15) is 9.13 Å². The monoisotopic (exact) mass is 368 g/mol. The zero-order valence-electron chi connectivity index (χ0n) is 9.19. The number of nitrogens with two attached hydrogens (primary N) is 3. The van der Waals surface area contributed by atoms with E-state index in [-0.39, 0.29) is 37.3 Å². The van der Waals surface area contributed by atoms with Gasteiger partial charge in [0.25, 0.3) is 0 Å². The first-order valence-corrected chi connectivity index (χ1v) is 6.80. The maximum absolute atomic E-state index is 9.63. The van der Waals surface area contributed by atoms with Gasteiger partial charge in [-0.25, -0.2) is 9.13 Å². The molecule has 10 N–H and O–H groups in total. The van der Waals surface area contributed by atoms with E-state index >= 15 is 0 Å². The molecule has 0 amide bonds. The van der Waals surface area contributed by atoms with Crippen molar-refractivity contribution >= 4 is 33.5 Å². The summed E-state index contributed by atoms with van der Waals surface area (Å²) in [6.07, 6.45) is 0. The van der Waals surface area contributed by atoms with Crippen molar-refractivity contribution in [3.05, 3.63) is 0 Å². The van der Waals surface area contributed by atoms with E-state index in [1.807, 2.05) is 0 Å². The minimum absolute atomic E-state index is 0. The standard InChI is InChI=1S/C3H6N6.H4O7P2.Zn/c4-1-7-2(5)9-3(6)8-1;1-8(2,3)7-9(4,5)6;/h(H6,4,5,6,7,8,9);(H2,1,2,3)(H2,4,5,6);. The molecule has 0 saturated carbocycles. The fourth-order valence-corrected chi connectivity index (χ4v) is 1.67. The first kappa shape index (κ1) is 20.6. The number of nitrogen functional groups attached to an aromatic ring is 3. The van der Waals surface area contributed by atoms with E-state index in [1.54, 1.807) is 0 Å². The van der Waals surface area contributed by atoms with Crippen LogP contribution < -0.4 is 17.2 Å². The Morgan fingerprint density at radius 3 is 1.11 bits per heavy atom. The van der Waals surface area contributed by atoms with Crippen LogP contribution in [-0.2, 0) is 32.9 Å². The molecule has 0 saturated heterocycles. The van der Waals surface area contributed by atoms with Gasteiger partial charge in [-0.05, 0) is 0 Å². The Labute approximate surface area is 118 Å². The fourth-order valence-electron chi connectivity index (χ4n) is 0.566. The molecule has 0 bridgehead atoms. The molecule has 0 aromatic carbocycles. The van der Waals surface area contributed by atoms with Crippen LogP contribution >= 0.6 is 15.6 Å². The number of nitrogens with zero attached hydrogens (tertiary/aromatic N) is 3. The molecule has 0 aliphatic heterocycles. The van der Waals surface area contributed by atoms with Crippen LogP contribution in [0.3, 0.4) is 0 Å². The van der Waals surface area contributed by atoms with Crippen LogP contribution in [0.2, 0.25) is 0 Å². The Morgan fingerprint density at radius 1 is 0.789 bits per heavy atom. The van der Waals surface area contributed by atoms with Gasteiger partial charge in [0, 0.05) is 19.5 Å². The van der Waals surface area contributed by atoms with Crippen LogP contribution in [0.5, 0.6) is 0 Å². The largest absolute Gasteiger partial charge is 0.478 e. The van der Waals surface area contributed by atoms with E-state index < -0.39 is 15.6 Å². The number of anilines is 3. The maximum Gasteiger partial charge on any atom is 0.478 e. The van der Waals surface area contributed by atoms with Crippen molar-refractivity contribution in [2.24, 2.45) is 0 Å². The van der Waals surface area contributed by atoms with E-state index in [2.05, 4.69) is 19.3 Å². The van der Waals surface area contributed by atoms with Crippen molar-refractivity contribution in [1.82, 2.24) is 15.0 Å². The van der Waals surface area contributed by atoms with Gasteiger partial charge < -0.3 is 36.8 Å². The zero-order valence-corrected chi connectivity index (χ0v) is 13.9. The van der Waals surface area contributed by atoms with Crippen LogP contribution in [0.4, 0.5) is 17.8 Å². The Balaban J connectivity index is 0. The summed E-state index contributed by atoms with van der Waals surface area (Å²) in [4.78, 5) is 41.5. The average molecular weight is 369 g/mol. The summed E-state index contributed by atoms with van der Waals surface area (Å²) in [5.41, 5.74) is 15.4. The topological polar surface area (TPSA) is 241 Å². The molecule has 106 valence electrons. The van der Waals surface area contributed by atoms with Crippen LogP contribution in [-0.4, -0.2) is 34.5 Å². The van der Waals surface area contributed by atoms with Crippen molar-refractivity contribution in [2.75, 3.05) is 17.2 Å². The number of hydrogen-bond donors (Lipinski definition) is 7. The summed E-state index contributed by atoms with van der Waals surface area (Å²) in [6, 6.07) is 0.